The summed E-state index contributed by atoms with van der Waals surface area (Å²) in [5.41, 5.74) is 0.453. The van der Waals surface area contributed by atoms with Gasteiger partial charge in [0.1, 0.15) is 0 Å². The van der Waals surface area contributed by atoms with Gasteiger partial charge in [-0.2, -0.15) is 0 Å². The van der Waals surface area contributed by atoms with Crippen LogP contribution in [0.25, 0.3) is 0 Å². The molecule has 0 spiro atoms. The topological polar surface area (TPSA) is 24.5 Å². The highest BCUT2D eigenvalue weighted by Gasteiger charge is 2.29. The number of rotatable bonds is 6. The molecule has 2 unspecified atom stereocenters. The first-order valence-electron chi connectivity index (χ1n) is 7.92. The molecule has 1 heterocycles. The zero-order chi connectivity index (χ0) is 14.3. The van der Waals surface area contributed by atoms with Crippen molar-refractivity contribution in [3.8, 4) is 0 Å². The smallest absolute Gasteiger partial charge is 0.0630 e. The van der Waals surface area contributed by atoms with Crippen molar-refractivity contribution in [2.24, 2.45) is 11.3 Å². The molecule has 0 saturated carbocycles. The van der Waals surface area contributed by atoms with E-state index in [0.29, 0.717) is 11.5 Å². The molecular weight excluding hydrogens is 236 g/mol. The number of likely N-dealkylation sites (tertiary alicyclic amines) is 1. The average Bonchev–Trinajstić information content (AvgIpc) is 2.59. The molecule has 0 aromatic carbocycles. The van der Waals surface area contributed by atoms with Gasteiger partial charge in [0.2, 0.25) is 0 Å². The molecule has 1 N–H and O–H groups in total. The summed E-state index contributed by atoms with van der Waals surface area (Å²) in [6.45, 7) is 14.7. The highest BCUT2D eigenvalue weighted by atomic mass is 16.5. The van der Waals surface area contributed by atoms with Gasteiger partial charge in [-0.15, -0.1) is 0 Å². The Morgan fingerprint density at radius 3 is 2.58 bits per heavy atom. The van der Waals surface area contributed by atoms with Crippen LogP contribution in [-0.4, -0.2) is 50.8 Å². The van der Waals surface area contributed by atoms with Gasteiger partial charge in [-0.25, -0.2) is 0 Å². The van der Waals surface area contributed by atoms with Crippen LogP contribution in [0.2, 0.25) is 0 Å². The molecule has 3 heteroatoms. The van der Waals surface area contributed by atoms with E-state index in [1.807, 2.05) is 7.11 Å². The summed E-state index contributed by atoms with van der Waals surface area (Å²) >= 11 is 0. The van der Waals surface area contributed by atoms with Crippen LogP contribution in [0.1, 0.15) is 47.0 Å². The maximum Gasteiger partial charge on any atom is 0.0630 e. The fourth-order valence-electron chi connectivity index (χ4n) is 3.15. The molecule has 0 radical (unpaired) electrons. The van der Waals surface area contributed by atoms with Crippen LogP contribution in [0, 0.1) is 11.3 Å². The minimum Gasteiger partial charge on any atom is -0.383 e. The average molecular weight is 270 g/mol. The highest BCUT2D eigenvalue weighted by molar-refractivity contribution is 4.82. The van der Waals surface area contributed by atoms with Crippen LogP contribution in [0.15, 0.2) is 0 Å². The van der Waals surface area contributed by atoms with Gasteiger partial charge in [0.15, 0.2) is 0 Å². The number of ether oxygens (including phenoxy) is 1. The summed E-state index contributed by atoms with van der Waals surface area (Å²) in [7, 11) is 1.81. The molecular formula is C16H34N2O. The van der Waals surface area contributed by atoms with E-state index in [0.717, 1.165) is 25.6 Å². The van der Waals surface area contributed by atoms with E-state index in [4.69, 9.17) is 4.74 Å². The lowest BCUT2D eigenvalue weighted by molar-refractivity contribution is 0.0890. The van der Waals surface area contributed by atoms with Crippen molar-refractivity contribution < 1.29 is 4.74 Å². The Bertz CT molecular complexity index is 237. The van der Waals surface area contributed by atoms with Gasteiger partial charge < -0.3 is 10.1 Å². The Balaban J connectivity index is 2.53. The third kappa shape index (κ3) is 5.80. The van der Waals surface area contributed by atoms with Crippen molar-refractivity contribution in [3.05, 3.63) is 0 Å². The maximum atomic E-state index is 5.41. The van der Waals surface area contributed by atoms with Crippen LogP contribution in [0.3, 0.4) is 0 Å². The largest absolute Gasteiger partial charge is 0.383 e. The molecule has 1 aliphatic heterocycles. The van der Waals surface area contributed by atoms with Crippen molar-refractivity contribution in [2.75, 3.05) is 39.9 Å². The Morgan fingerprint density at radius 1 is 1.26 bits per heavy atom. The van der Waals surface area contributed by atoms with Crippen LogP contribution in [0.5, 0.6) is 0 Å². The number of hydrogen-bond acceptors (Lipinski definition) is 3. The number of nitrogens with one attached hydrogen (secondary N) is 1. The minimum absolute atomic E-state index is 0.453. The second kappa shape index (κ2) is 8.23. The third-order valence-electron chi connectivity index (χ3n) is 4.49. The predicted molar refractivity (Wildman–Crippen MR) is 82.6 cm³/mol. The van der Waals surface area contributed by atoms with Crippen molar-refractivity contribution in [2.45, 2.75) is 53.0 Å². The molecule has 3 nitrogen and oxygen atoms in total. The first kappa shape index (κ1) is 16.9. The molecule has 2 atom stereocenters. The SMILES string of the molecule is CCNCC(COC)N1CCCC(C(C)(C)C)CC1. The van der Waals surface area contributed by atoms with Crippen molar-refractivity contribution in [3.63, 3.8) is 0 Å². The summed E-state index contributed by atoms with van der Waals surface area (Å²) in [5, 5.41) is 3.47. The van der Waals surface area contributed by atoms with E-state index in [9.17, 15) is 0 Å². The van der Waals surface area contributed by atoms with Gasteiger partial charge in [0.25, 0.3) is 0 Å². The summed E-state index contributed by atoms with van der Waals surface area (Å²) < 4.78 is 5.41. The van der Waals surface area contributed by atoms with E-state index in [-0.39, 0.29) is 0 Å². The molecule has 19 heavy (non-hydrogen) atoms. The predicted octanol–water partition coefficient (Wildman–Crippen LogP) is 2.76. The molecule has 1 aliphatic rings. The minimum atomic E-state index is 0.453. The zero-order valence-corrected chi connectivity index (χ0v) is 13.7. The molecule has 1 saturated heterocycles. The number of likely N-dealkylation sites (N-methyl/N-ethyl adjacent to an activating group) is 1. The molecule has 0 bridgehead atoms. The molecule has 0 aromatic rings. The Morgan fingerprint density at radius 2 is 2.00 bits per heavy atom. The Kier molecular flexibility index (Phi) is 7.33. The molecule has 1 rings (SSSR count). The highest BCUT2D eigenvalue weighted by Crippen LogP contribution is 2.34. The van der Waals surface area contributed by atoms with Crippen LogP contribution >= 0.6 is 0 Å². The second-order valence-electron chi connectivity index (χ2n) is 6.95. The molecule has 0 amide bonds. The Labute approximate surface area is 120 Å². The van der Waals surface area contributed by atoms with Crippen LogP contribution in [-0.2, 0) is 4.74 Å². The van der Waals surface area contributed by atoms with E-state index in [2.05, 4.69) is 37.9 Å². The quantitative estimate of drug-likeness (QED) is 0.803. The number of hydrogen-bond donors (Lipinski definition) is 1. The van der Waals surface area contributed by atoms with E-state index in [1.54, 1.807) is 0 Å². The second-order valence-corrected chi connectivity index (χ2v) is 6.95. The first-order chi connectivity index (χ1) is 8.99. The summed E-state index contributed by atoms with van der Waals surface area (Å²) in [6.07, 6.45) is 4.03. The fourth-order valence-corrected chi connectivity index (χ4v) is 3.15. The van der Waals surface area contributed by atoms with Crippen molar-refractivity contribution in [1.29, 1.82) is 0 Å². The van der Waals surface area contributed by atoms with Crippen LogP contribution in [0.4, 0.5) is 0 Å². The van der Waals surface area contributed by atoms with Crippen molar-refractivity contribution >= 4 is 0 Å². The normalized spacial score (nSPS) is 24.2. The summed E-state index contributed by atoms with van der Waals surface area (Å²) in [5.74, 6) is 0.861. The first-order valence-corrected chi connectivity index (χ1v) is 7.92. The van der Waals surface area contributed by atoms with Gasteiger partial charge in [0, 0.05) is 19.7 Å². The van der Waals surface area contributed by atoms with Gasteiger partial charge in [-0.1, -0.05) is 27.7 Å². The standard InChI is InChI=1S/C16H34N2O/c1-6-17-12-15(13-19-5)18-10-7-8-14(9-11-18)16(2,3)4/h14-15,17H,6-13H2,1-5H3. The number of methoxy groups -OCH3 is 1. The maximum absolute atomic E-state index is 5.41. The lowest BCUT2D eigenvalue weighted by Crippen LogP contribution is -2.45. The van der Waals surface area contributed by atoms with E-state index >= 15 is 0 Å². The molecule has 0 aliphatic carbocycles. The molecule has 0 aromatic heterocycles. The third-order valence-corrected chi connectivity index (χ3v) is 4.49. The fraction of sp³-hybridized carbons (Fsp3) is 1.00. The summed E-state index contributed by atoms with van der Waals surface area (Å²) in [6, 6.07) is 0.531. The lowest BCUT2D eigenvalue weighted by atomic mass is 9.77. The summed E-state index contributed by atoms with van der Waals surface area (Å²) in [4.78, 5) is 2.64. The lowest BCUT2D eigenvalue weighted by Gasteiger charge is -2.32. The van der Waals surface area contributed by atoms with Gasteiger partial charge in [-0.05, 0) is 50.2 Å². The van der Waals surface area contributed by atoms with Crippen molar-refractivity contribution in [1.82, 2.24) is 10.2 Å². The van der Waals surface area contributed by atoms with Crippen LogP contribution < -0.4 is 5.32 Å². The molecule has 1 fully saturated rings. The Hall–Kier alpha value is -0.120. The van der Waals surface area contributed by atoms with Gasteiger partial charge in [0.05, 0.1) is 6.61 Å². The monoisotopic (exact) mass is 270 g/mol. The van der Waals surface area contributed by atoms with Gasteiger partial charge in [-0.3, -0.25) is 4.90 Å². The molecule has 114 valence electrons. The zero-order valence-electron chi connectivity index (χ0n) is 13.7. The number of nitrogens with zero attached hydrogens (tertiary/aromatic N) is 1. The van der Waals surface area contributed by atoms with Gasteiger partial charge >= 0.3 is 0 Å². The van der Waals surface area contributed by atoms with E-state index in [1.165, 1.54) is 32.4 Å². The van der Waals surface area contributed by atoms with E-state index < -0.39 is 0 Å².